The number of halogens is 2. The minimum absolute atomic E-state index is 0.0234. The van der Waals surface area contributed by atoms with E-state index in [2.05, 4.69) is 5.32 Å². The van der Waals surface area contributed by atoms with Crippen molar-refractivity contribution in [3.05, 3.63) is 64.9 Å². The van der Waals surface area contributed by atoms with Gasteiger partial charge in [-0.3, -0.25) is 13.9 Å². The van der Waals surface area contributed by atoms with Crippen molar-refractivity contribution in [3.63, 3.8) is 0 Å². The summed E-state index contributed by atoms with van der Waals surface area (Å²) in [5, 5.41) is 3.06. The van der Waals surface area contributed by atoms with E-state index < -0.39 is 34.3 Å². The second kappa shape index (κ2) is 10.6. The lowest BCUT2D eigenvalue weighted by Crippen LogP contribution is -2.51. The SMILES string of the molecule is CCC(C(=O)NC)N(Cc1ccc(Cl)cc1)C(=O)CN(c1cccc(F)c1)S(C)(=O)=O. The molecule has 0 heterocycles. The van der Waals surface area contributed by atoms with Crippen LogP contribution in [0.25, 0.3) is 0 Å². The number of sulfonamides is 1. The summed E-state index contributed by atoms with van der Waals surface area (Å²) >= 11 is 5.92. The predicted octanol–water partition coefficient (Wildman–Crippen LogP) is 2.80. The van der Waals surface area contributed by atoms with Crippen molar-refractivity contribution in [2.45, 2.75) is 25.9 Å². The summed E-state index contributed by atoms with van der Waals surface area (Å²) in [6, 6.07) is 10.9. The molecule has 0 aromatic heterocycles. The van der Waals surface area contributed by atoms with Gasteiger partial charge in [0.05, 0.1) is 11.9 Å². The molecule has 2 aromatic carbocycles. The Labute approximate surface area is 186 Å². The molecule has 1 unspecified atom stereocenters. The molecule has 2 amide bonds. The van der Waals surface area contributed by atoms with Gasteiger partial charge in [-0.15, -0.1) is 0 Å². The monoisotopic (exact) mass is 469 g/mol. The molecule has 0 bridgehead atoms. The number of carbonyl (C=O) groups is 2. The van der Waals surface area contributed by atoms with Crippen molar-refractivity contribution in [3.8, 4) is 0 Å². The lowest BCUT2D eigenvalue weighted by Gasteiger charge is -2.32. The fourth-order valence-corrected chi connectivity index (χ4v) is 4.09. The van der Waals surface area contributed by atoms with E-state index >= 15 is 0 Å². The average molecular weight is 470 g/mol. The average Bonchev–Trinajstić information content (AvgIpc) is 2.72. The van der Waals surface area contributed by atoms with Gasteiger partial charge in [0.25, 0.3) is 0 Å². The molecule has 0 aliphatic heterocycles. The Morgan fingerprint density at radius 2 is 1.81 bits per heavy atom. The number of benzene rings is 2. The molecule has 0 fully saturated rings. The van der Waals surface area contributed by atoms with Gasteiger partial charge >= 0.3 is 0 Å². The zero-order valence-corrected chi connectivity index (χ0v) is 19.1. The molecule has 31 heavy (non-hydrogen) atoms. The van der Waals surface area contributed by atoms with Gasteiger partial charge in [-0.05, 0) is 42.3 Å². The first-order valence-corrected chi connectivity index (χ1v) is 11.8. The van der Waals surface area contributed by atoms with Crippen molar-refractivity contribution in [2.75, 3.05) is 24.2 Å². The van der Waals surface area contributed by atoms with Gasteiger partial charge in [-0.2, -0.15) is 0 Å². The molecule has 7 nitrogen and oxygen atoms in total. The third-order valence-electron chi connectivity index (χ3n) is 4.67. The highest BCUT2D eigenvalue weighted by Gasteiger charge is 2.31. The number of hydrogen-bond acceptors (Lipinski definition) is 4. The number of nitrogens with zero attached hydrogens (tertiary/aromatic N) is 2. The number of hydrogen-bond donors (Lipinski definition) is 1. The topological polar surface area (TPSA) is 86.8 Å². The van der Waals surface area contributed by atoms with Crippen LogP contribution in [0.15, 0.2) is 48.5 Å². The molecule has 1 N–H and O–H groups in total. The van der Waals surface area contributed by atoms with Crippen molar-refractivity contribution in [1.29, 1.82) is 0 Å². The highest BCUT2D eigenvalue weighted by molar-refractivity contribution is 7.92. The Hall–Kier alpha value is -2.65. The quantitative estimate of drug-likeness (QED) is 0.611. The van der Waals surface area contributed by atoms with Crippen molar-refractivity contribution >= 4 is 39.1 Å². The smallest absolute Gasteiger partial charge is 0.244 e. The van der Waals surface area contributed by atoms with Crippen molar-refractivity contribution in [1.82, 2.24) is 10.2 Å². The summed E-state index contributed by atoms with van der Waals surface area (Å²) in [7, 11) is -2.44. The Balaban J connectivity index is 2.41. The van der Waals surface area contributed by atoms with E-state index in [4.69, 9.17) is 11.6 Å². The molecular formula is C21H25ClFN3O4S. The molecule has 0 aliphatic rings. The molecule has 168 valence electrons. The second-order valence-corrected chi connectivity index (χ2v) is 9.28. The third-order valence-corrected chi connectivity index (χ3v) is 6.07. The zero-order valence-electron chi connectivity index (χ0n) is 17.5. The van der Waals surface area contributed by atoms with Gasteiger partial charge < -0.3 is 10.2 Å². The van der Waals surface area contributed by atoms with Crippen LogP contribution in [0, 0.1) is 5.82 Å². The van der Waals surface area contributed by atoms with Crippen molar-refractivity contribution < 1.29 is 22.4 Å². The summed E-state index contributed by atoms with van der Waals surface area (Å²) in [5.74, 6) is -1.60. The maximum atomic E-state index is 13.7. The second-order valence-electron chi connectivity index (χ2n) is 6.94. The molecule has 0 saturated heterocycles. The van der Waals surface area contributed by atoms with Crippen LogP contribution in [0.2, 0.25) is 5.02 Å². The summed E-state index contributed by atoms with van der Waals surface area (Å²) < 4.78 is 39.2. The number of nitrogens with one attached hydrogen (secondary N) is 1. The first-order valence-electron chi connectivity index (χ1n) is 9.55. The van der Waals surface area contributed by atoms with Crippen LogP contribution in [-0.4, -0.2) is 51.0 Å². The van der Waals surface area contributed by atoms with E-state index in [1.54, 1.807) is 31.2 Å². The number of anilines is 1. The Kier molecular flexibility index (Phi) is 8.41. The lowest BCUT2D eigenvalue weighted by molar-refractivity contribution is -0.140. The summed E-state index contributed by atoms with van der Waals surface area (Å²) in [6.45, 7) is 1.25. The van der Waals surface area contributed by atoms with Crippen LogP contribution in [-0.2, 0) is 26.2 Å². The van der Waals surface area contributed by atoms with Gasteiger partial charge in [0, 0.05) is 18.6 Å². The molecule has 0 saturated carbocycles. The van der Waals surface area contributed by atoms with Crippen molar-refractivity contribution in [2.24, 2.45) is 0 Å². The number of amides is 2. The molecule has 1 atom stereocenters. The van der Waals surface area contributed by atoms with Crippen LogP contribution >= 0.6 is 11.6 Å². The maximum Gasteiger partial charge on any atom is 0.244 e. The molecule has 0 radical (unpaired) electrons. The Morgan fingerprint density at radius 3 is 2.32 bits per heavy atom. The normalized spacial score (nSPS) is 12.2. The standard InChI is InChI=1S/C21H25ClFN3O4S/c1-4-19(21(28)24-2)25(13-15-8-10-16(22)11-9-15)20(27)14-26(31(3,29)30)18-7-5-6-17(23)12-18/h5-12,19H,4,13-14H2,1-3H3,(H,24,28). The number of likely N-dealkylation sites (N-methyl/N-ethyl adjacent to an activating group) is 1. The van der Waals surface area contributed by atoms with Crippen LogP contribution < -0.4 is 9.62 Å². The van der Waals surface area contributed by atoms with E-state index in [1.807, 2.05) is 0 Å². The highest BCUT2D eigenvalue weighted by Crippen LogP contribution is 2.21. The van der Waals surface area contributed by atoms with Gasteiger partial charge in [-0.25, -0.2) is 12.8 Å². The zero-order chi connectivity index (χ0) is 23.2. The van der Waals surface area contributed by atoms with E-state index in [1.165, 1.54) is 30.1 Å². The van der Waals surface area contributed by atoms with Gasteiger partial charge in [-0.1, -0.05) is 36.7 Å². The molecule has 2 rings (SSSR count). The first-order chi connectivity index (χ1) is 14.6. The Morgan fingerprint density at radius 1 is 1.16 bits per heavy atom. The minimum atomic E-state index is -3.90. The molecule has 2 aromatic rings. The van der Waals surface area contributed by atoms with Crippen LogP contribution in [0.1, 0.15) is 18.9 Å². The van der Waals surface area contributed by atoms with Crippen LogP contribution in [0.4, 0.5) is 10.1 Å². The fraction of sp³-hybridized carbons (Fsp3) is 0.333. The molecule has 0 aliphatic carbocycles. The number of rotatable bonds is 9. The molecule has 0 spiro atoms. The Bertz CT molecular complexity index is 1030. The minimum Gasteiger partial charge on any atom is -0.357 e. The number of carbonyl (C=O) groups excluding carboxylic acids is 2. The van der Waals surface area contributed by atoms with Gasteiger partial charge in [0.1, 0.15) is 18.4 Å². The maximum absolute atomic E-state index is 13.7. The largest absolute Gasteiger partial charge is 0.357 e. The van der Waals surface area contributed by atoms with E-state index in [-0.39, 0.29) is 18.1 Å². The third kappa shape index (κ3) is 6.67. The lowest BCUT2D eigenvalue weighted by atomic mass is 10.1. The van der Waals surface area contributed by atoms with E-state index in [0.717, 1.165) is 22.2 Å². The van der Waals surface area contributed by atoms with Crippen LogP contribution in [0.5, 0.6) is 0 Å². The highest BCUT2D eigenvalue weighted by atomic mass is 35.5. The van der Waals surface area contributed by atoms with E-state index in [9.17, 15) is 22.4 Å². The fourth-order valence-electron chi connectivity index (χ4n) is 3.12. The van der Waals surface area contributed by atoms with Gasteiger partial charge in [0.2, 0.25) is 21.8 Å². The molecule has 10 heteroatoms. The predicted molar refractivity (Wildman–Crippen MR) is 119 cm³/mol. The van der Waals surface area contributed by atoms with Crippen LogP contribution in [0.3, 0.4) is 0 Å². The van der Waals surface area contributed by atoms with E-state index in [0.29, 0.717) is 11.4 Å². The summed E-state index contributed by atoms with van der Waals surface area (Å²) in [5.41, 5.74) is 0.743. The molecular weight excluding hydrogens is 445 g/mol. The first kappa shape index (κ1) is 24.6. The summed E-state index contributed by atoms with van der Waals surface area (Å²) in [6.07, 6.45) is 1.25. The van der Waals surface area contributed by atoms with Gasteiger partial charge in [0.15, 0.2) is 0 Å². The summed E-state index contributed by atoms with van der Waals surface area (Å²) in [4.78, 5) is 27.0.